The molecule has 102 valence electrons. The number of rotatable bonds is 5. The van der Waals surface area contributed by atoms with E-state index in [-0.39, 0.29) is 0 Å². The standard InChI is InChI=1S/C12H16BrN5O/c1-4-14-11-10(13)12(17-6-16-11)15-5-9-7(2)18-19-8(9)3/h6H,4-5H2,1-3H3,(H2,14,15,16,17). The van der Waals surface area contributed by atoms with Gasteiger partial charge in [-0.1, -0.05) is 5.16 Å². The van der Waals surface area contributed by atoms with Crippen molar-refractivity contribution in [2.75, 3.05) is 17.2 Å². The normalized spacial score (nSPS) is 10.5. The van der Waals surface area contributed by atoms with Crippen LogP contribution in [0.15, 0.2) is 15.3 Å². The minimum atomic E-state index is 0.613. The Labute approximate surface area is 120 Å². The smallest absolute Gasteiger partial charge is 0.146 e. The van der Waals surface area contributed by atoms with E-state index in [2.05, 4.69) is 41.7 Å². The van der Waals surface area contributed by atoms with Crippen molar-refractivity contribution in [2.24, 2.45) is 0 Å². The minimum absolute atomic E-state index is 0.613. The van der Waals surface area contributed by atoms with Crippen molar-refractivity contribution in [1.82, 2.24) is 15.1 Å². The molecule has 7 heteroatoms. The highest BCUT2D eigenvalue weighted by atomic mass is 79.9. The van der Waals surface area contributed by atoms with E-state index in [0.29, 0.717) is 6.54 Å². The van der Waals surface area contributed by atoms with Gasteiger partial charge in [-0.05, 0) is 36.7 Å². The predicted molar refractivity (Wildman–Crippen MR) is 77.2 cm³/mol. The van der Waals surface area contributed by atoms with Crippen molar-refractivity contribution in [3.8, 4) is 0 Å². The average molecular weight is 326 g/mol. The van der Waals surface area contributed by atoms with E-state index >= 15 is 0 Å². The van der Waals surface area contributed by atoms with Gasteiger partial charge in [0.15, 0.2) is 0 Å². The summed E-state index contributed by atoms with van der Waals surface area (Å²) < 4.78 is 5.95. The minimum Gasteiger partial charge on any atom is -0.369 e. The number of nitrogens with zero attached hydrogens (tertiary/aromatic N) is 3. The first-order chi connectivity index (χ1) is 9.13. The maximum absolute atomic E-state index is 5.13. The Morgan fingerprint density at radius 1 is 1.21 bits per heavy atom. The van der Waals surface area contributed by atoms with Crippen LogP contribution in [0.4, 0.5) is 11.6 Å². The second-order valence-corrected chi connectivity index (χ2v) is 4.86. The molecule has 19 heavy (non-hydrogen) atoms. The molecule has 0 fully saturated rings. The molecule has 0 aliphatic rings. The molecule has 2 heterocycles. The summed E-state index contributed by atoms with van der Waals surface area (Å²) >= 11 is 3.49. The molecule has 0 spiro atoms. The average Bonchev–Trinajstić information content (AvgIpc) is 2.71. The molecule has 0 aliphatic heterocycles. The Morgan fingerprint density at radius 2 is 1.89 bits per heavy atom. The zero-order valence-electron chi connectivity index (χ0n) is 11.1. The molecule has 6 nitrogen and oxygen atoms in total. The van der Waals surface area contributed by atoms with E-state index in [4.69, 9.17) is 4.52 Å². The van der Waals surface area contributed by atoms with Crippen molar-refractivity contribution in [3.63, 3.8) is 0 Å². The van der Waals surface area contributed by atoms with E-state index in [1.54, 1.807) is 0 Å². The quantitative estimate of drug-likeness (QED) is 0.880. The van der Waals surface area contributed by atoms with Gasteiger partial charge < -0.3 is 15.2 Å². The molecular weight excluding hydrogens is 310 g/mol. The number of nitrogens with one attached hydrogen (secondary N) is 2. The van der Waals surface area contributed by atoms with Gasteiger partial charge in [0, 0.05) is 18.7 Å². The number of halogens is 1. The molecule has 0 bridgehead atoms. The van der Waals surface area contributed by atoms with Crippen LogP contribution < -0.4 is 10.6 Å². The molecular formula is C12H16BrN5O. The van der Waals surface area contributed by atoms with Crippen molar-refractivity contribution >= 4 is 27.6 Å². The third kappa shape index (κ3) is 3.04. The van der Waals surface area contributed by atoms with Crippen LogP contribution in [-0.4, -0.2) is 21.7 Å². The Bertz CT molecular complexity index is 550. The molecule has 0 unspecified atom stereocenters. The zero-order chi connectivity index (χ0) is 13.8. The highest BCUT2D eigenvalue weighted by Crippen LogP contribution is 2.27. The van der Waals surface area contributed by atoms with Gasteiger partial charge in [0.2, 0.25) is 0 Å². The maximum Gasteiger partial charge on any atom is 0.146 e. The van der Waals surface area contributed by atoms with Crippen molar-refractivity contribution < 1.29 is 4.52 Å². The summed E-state index contributed by atoms with van der Waals surface area (Å²) in [6.45, 7) is 7.26. The molecule has 0 amide bonds. The Hall–Kier alpha value is -1.63. The van der Waals surface area contributed by atoms with Crippen LogP contribution in [-0.2, 0) is 6.54 Å². The number of anilines is 2. The predicted octanol–water partition coefficient (Wildman–Crippen LogP) is 2.89. The largest absolute Gasteiger partial charge is 0.369 e. The Kier molecular flexibility index (Phi) is 4.36. The molecule has 0 saturated carbocycles. The molecule has 2 aromatic heterocycles. The lowest BCUT2D eigenvalue weighted by molar-refractivity contribution is 0.392. The SMILES string of the molecule is CCNc1ncnc(NCc2c(C)noc2C)c1Br. The van der Waals surface area contributed by atoms with Gasteiger partial charge in [-0.2, -0.15) is 0 Å². The van der Waals surface area contributed by atoms with Crippen LogP contribution in [0.3, 0.4) is 0 Å². The third-order valence-corrected chi connectivity index (χ3v) is 3.50. The lowest BCUT2D eigenvalue weighted by Crippen LogP contribution is -2.07. The first kappa shape index (κ1) is 13.8. The Balaban J connectivity index is 2.14. The summed E-state index contributed by atoms with van der Waals surface area (Å²) in [6.07, 6.45) is 1.53. The molecule has 0 aromatic carbocycles. The van der Waals surface area contributed by atoms with Crippen molar-refractivity contribution in [2.45, 2.75) is 27.3 Å². The lowest BCUT2D eigenvalue weighted by atomic mass is 10.2. The summed E-state index contributed by atoms with van der Waals surface area (Å²) in [5, 5.41) is 10.3. The summed E-state index contributed by atoms with van der Waals surface area (Å²) in [5.74, 6) is 2.34. The monoisotopic (exact) mass is 325 g/mol. The third-order valence-electron chi connectivity index (χ3n) is 2.75. The van der Waals surface area contributed by atoms with Crippen LogP contribution in [0.5, 0.6) is 0 Å². The number of aryl methyl sites for hydroxylation is 2. The van der Waals surface area contributed by atoms with Gasteiger partial charge in [-0.3, -0.25) is 0 Å². The lowest BCUT2D eigenvalue weighted by Gasteiger charge is -2.10. The summed E-state index contributed by atoms with van der Waals surface area (Å²) in [4.78, 5) is 8.39. The highest BCUT2D eigenvalue weighted by Gasteiger charge is 2.11. The molecule has 2 aromatic rings. The molecule has 0 saturated heterocycles. The Morgan fingerprint density at radius 3 is 2.47 bits per heavy atom. The maximum atomic E-state index is 5.13. The van der Waals surface area contributed by atoms with E-state index in [9.17, 15) is 0 Å². The fourth-order valence-electron chi connectivity index (χ4n) is 1.71. The number of hydrogen-bond acceptors (Lipinski definition) is 6. The molecule has 0 radical (unpaired) electrons. The zero-order valence-corrected chi connectivity index (χ0v) is 12.7. The van der Waals surface area contributed by atoms with Crippen molar-refractivity contribution in [1.29, 1.82) is 0 Å². The number of hydrogen-bond donors (Lipinski definition) is 2. The molecule has 2 N–H and O–H groups in total. The van der Waals surface area contributed by atoms with E-state index in [1.807, 2.05) is 20.8 Å². The van der Waals surface area contributed by atoms with Gasteiger partial charge in [0.1, 0.15) is 28.2 Å². The molecule has 2 rings (SSSR count). The van der Waals surface area contributed by atoms with E-state index in [0.717, 1.165) is 39.7 Å². The van der Waals surface area contributed by atoms with E-state index in [1.165, 1.54) is 6.33 Å². The van der Waals surface area contributed by atoms with Gasteiger partial charge in [-0.15, -0.1) is 0 Å². The van der Waals surface area contributed by atoms with Gasteiger partial charge in [-0.25, -0.2) is 9.97 Å². The van der Waals surface area contributed by atoms with Gasteiger partial charge >= 0.3 is 0 Å². The summed E-state index contributed by atoms with van der Waals surface area (Å²) in [7, 11) is 0. The van der Waals surface area contributed by atoms with Crippen molar-refractivity contribution in [3.05, 3.63) is 27.8 Å². The van der Waals surface area contributed by atoms with Crippen LogP contribution in [0.2, 0.25) is 0 Å². The van der Waals surface area contributed by atoms with Crippen LogP contribution in [0, 0.1) is 13.8 Å². The van der Waals surface area contributed by atoms with Crippen LogP contribution >= 0.6 is 15.9 Å². The fraction of sp³-hybridized carbons (Fsp3) is 0.417. The second kappa shape index (κ2) is 6.01. The van der Waals surface area contributed by atoms with Gasteiger partial charge in [0.05, 0.1) is 5.69 Å². The van der Waals surface area contributed by atoms with E-state index < -0.39 is 0 Å². The first-order valence-electron chi connectivity index (χ1n) is 6.03. The van der Waals surface area contributed by atoms with Crippen LogP contribution in [0.1, 0.15) is 23.9 Å². The highest BCUT2D eigenvalue weighted by molar-refractivity contribution is 9.10. The fourth-order valence-corrected chi connectivity index (χ4v) is 2.20. The second-order valence-electron chi connectivity index (χ2n) is 4.07. The summed E-state index contributed by atoms with van der Waals surface area (Å²) in [5.41, 5.74) is 1.94. The molecule has 0 aliphatic carbocycles. The van der Waals surface area contributed by atoms with Crippen LogP contribution in [0.25, 0.3) is 0 Å². The number of aromatic nitrogens is 3. The first-order valence-corrected chi connectivity index (χ1v) is 6.82. The summed E-state index contributed by atoms with van der Waals surface area (Å²) in [6, 6.07) is 0. The van der Waals surface area contributed by atoms with Gasteiger partial charge in [0.25, 0.3) is 0 Å². The molecule has 0 atom stereocenters. The topological polar surface area (TPSA) is 75.9 Å².